The van der Waals surface area contributed by atoms with E-state index < -0.39 is 17.8 Å². The lowest BCUT2D eigenvalue weighted by atomic mass is 9.78. The van der Waals surface area contributed by atoms with E-state index in [1.807, 2.05) is 0 Å². The molecule has 2 rings (SSSR count). The molecule has 3 atom stereocenters. The first-order chi connectivity index (χ1) is 8.79. The molecular formula is C13H19F3N2O. The van der Waals surface area contributed by atoms with Gasteiger partial charge in [0.05, 0.1) is 23.9 Å². The van der Waals surface area contributed by atoms with Gasteiger partial charge in [-0.05, 0) is 31.1 Å². The van der Waals surface area contributed by atoms with Crippen molar-refractivity contribution >= 4 is 0 Å². The number of hydrogen-bond donors (Lipinski definition) is 1. The Morgan fingerprint density at radius 3 is 2.58 bits per heavy atom. The molecule has 3 nitrogen and oxygen atoms in total. The van der Waals surface area contributed by atoms with Crippen LogP contribution in [0.1, 0.15) is 44.7 Å². The number of aromatic nitrogens is 2. The zero-order valence-corrected chi connectivity index (χ0v) is 11.1. The van der Waals surface area contributed by atoms with Crippen LogP contribution in [0.5, 0.6) is 0 Å². The molecule has 1 aromatic rings. The highest BCUT2D eigenvalue weighted by Crippen LogP contribution is 2.37. The number of hydrogen-bond acceptors (Lipinski definition) is 2. The van der Waals surface area contributed by atoms with E-state index in [0.717, 1.165) is 18.8 Å². The molecule has 1 saturated carbocycles. The first-order valence-electron chi connectivity index (χ1n) is 6.58. The number of aliphatic hydroxyl groups excluding tert-OH is 1. The van der Waals surface area contributed by atoms with E-state index in [1.54, 1.807) is 0 Å². The van der Waals surface area contributed by atoms with Gasteiger partial charge in [0, 0.05) is 6.20 Å². The van der Waals surface area contributed by atoms with Gasteiger partial charge >= 0.3 is 6.18 Å². The van der Waals surface area contributed by atoms with Crippen LogP contribution in [0.2, 0.25) is 0 Å². The quantitative estimate of drug-likeness (QED) is 0.900. The number of nitrogens with zero attached hydrogens (tertiary/aromatic N) is 2. The van der Waals surface area contributed by atoms with Crippen molar-refractivity contribution in [3.8, 4) is 0 Å². The van der Waals surface area contributed by atoms with Crippen LogP contribution in [0.3, 0.4) is 0 Å². The van der Waals surface area contributed by atoms with Crippen molar-refractivity contribution in [3.05, 3.63) is 18.0 Å². The third kappa shape index (κ3) is 3.11. The highest BCUT2D eigenvalue weighted by molar-refractivity contribution is 5.09. The summed E-state index contributed by atoms with van der Waals surface area (Å²) in [5, 5.41) is 13.8. The van der Waals surface area contributed by atoms with E-state index in [9.17, 15) is 18.3 Å². The second-order valence-corrected chi connectivity index (χ2v) is 5.66. The van der Waals surface area contributed by atoms with Crippen LogP contribution in [0, 0.1) is 11.8 Å². The molecule has 1 fully saturated rings. The Labute approximate surface area is 110 Å². The largest absolute Gasteiger partial charge is 0.419 e. The van der Waals surface area contributed by atoms with Crippen LogP contribution in [0.4, 0.5) is 13.2 Å². The molecule has 0 aromatic carbocycles. The summed E-state index contributed by atoms with van der Waals surface area (Å²) in [6.45, 7) is 4.20. The van der Waals surface area contributed by atoms with Crippen molar-refractivity contribution in [2.24, 2.45) is 11.8 Å². The predicted octanol–water partition coefficient (Wildman–Crippen LogP) is 3.26. The van der Waals surface area contributed by atoms with Gasteiger partial charge in [0.1, 0.15) is 0 Å². The molecule has 1 aliphatic rings. The molecule has 0 radical (unpaired) electrons. The number of alkyl halides is 3. The van der Waals surface area contributed by atoms with Crippen molar-refractivity contribution in [3.63, 3.8) is 0 Å². The van der Waals surface area contributed by atoms with Crippen molar-refractivity contribution in [1.82, 2.24) is 9.78 Å². The van der Waals surface area contributed by atoms with Crippen LogP contribution in [0.15, 0.2) is 12.4 Å². The molecule has 0 aliphatic heterocycles. The molecule has 1 heterocycles. The minimum Gasteiger partial charge on any atom is -0.391 e. The molecule has 0 saturated heterocycles. The topological polar surface area (TPSA) is 38.0 Å². The van der Waals surface area contributed by atoms with Gasteiger partial charge in [0.2, 0.25) is 0 Å². The first kappa shape index (κ1) is 14.4. The van der Waals surface area contributed by atoms with Crippen LogP contribution >= 0.6 is 0 Å². The van der Waals surface area contributed by atoms with E-state index in [1.165, 1.54) is 4.68 Å². The summed E-state index contributed by atoms with van der Waals surface area (Å²) in [5.41, 5.74) is -0.758. The van der Waals surface area contributed by atoms with Gasteiger partial charge in [0.15, 0.2) is 0 Å². The van der Waals surface area contributed by atoms with Gasteiger partial charge < -0.3 is 5.11 Å². The molecule has 1 N–H and O–H groups in total. The number of aliphatic hydroxyl groups is 1. The zero-order valence-electron chi connectivity index (χ0n) is 11.1. The van der Waals surface area contributed by atoms with E-state index in [2.05, 4.69) is 18.9 Å². The lowest BCUT2D eigenvalue weighted by molar-refractivity contribution is -0.137. The molecule has 0 spiro atoms. The lowest BCUT2D eigenvalue weighted by Gasteiger charge is -2.35. The van der Waals surface area contributed by atoms with Crippen LogP contribution in [-0.4, -0.2) is 21.0 Å². The minimum absolute atomic E-state index is 0.350. The van der Waals surface area contributed by atoms with Gasteiger partial charge in [-0.2, -0.15) is 18.3 Å². The maximum Gasteiger partial charge on any atom is 0.419 e. The number of rotatable bonds is 2. The Bertz CT molecular complexity index is 428. The van der Waals surface area contributed by atoms with Crippen molar-refractivity contribution in [2.45, 2.75) is 51.4 Å². The average Bonchev–Trinajstić information content (AvgIpc) is 2.78. The maximum absolute atomic E-state index is 12.6. The second-order valence-electron chi connectivity index (χ2n) is 5.66. The average molecular weight is 276 g/mol. The van der Waals surface area contributed by atoms with E-state index in [4.69, 9.17) is 0 Å². The Morgan fingerprint density at radius 2 is 2.05 bits per heavy atom. The fourth-order valence-corrected chi connectivity index (χ4v) is 2.72. The fraction of sp³-hybridized carbons (Fsp3) is 0.769. The Kier molecular flexibility index (Phi) is 3.90. The van der Waals surface area contributed by atoms with Gasteiger partial charge in [-0.25, -0.2) is 0 Å². The van der Waals surface area contributed by atoms with Crippen molar-refractivity contribution in [1.29, 1.82) is 0 Å². The molecule has 0 amide bonds. The summed E-state index contributed by atoms with van der Waals surface area (Å²) >= 11 is 0. The van der Waals surface area contributed by atoms with Gasteiger partial charge in [-0.15, -0.1) is 0 Å². The summed E-state index contributed by atoms with van der Waals surface area (Å²) < 4.78 is 38.9. The van der Waals surface area contributed by atoms with Crippen LogP contribution in [0.25, 0.3) is 0 Å². The lowest BCUT2D eigenvalue weighted by Crippen LogP contribution is -2.33. The SMILES string of the molecule is CC(C)C1CCC(O)C(n2cc(C(F)(F)F)cn2)C1. The predicted molar refractivity (Wildman–Crippen MR) is 64.5 cm³/mol. The first-order valence-corrected chi connectivity index (χ1v) is 6.58. The summed E-state index contributed by atoms with van der Waals surface area (Å²) in [6, 6.07) is -0.350. The molecule has 6 heteroatoms. The standard InChI is InChI=1S/C13H19F3N2O/c1-8(2)9-3-4-12(19)11(5-9)18-7-10(6-17-18)13(14,15)16/h6-9,11-12,19H,3-5H2,1-2H3. The fourth-order valence-electron chi connectivity index (χ4n) is 2.72. The molecular weight excluding hydrogens is 257 g/mol. The van der Waals surface area contributed by atoms with Gasteiger partial charge in [0.25, 0.3) is 0 Å². The van der Waals surface area contributed by atoms with E-state index >= 15 is 0 Å². The Balaban J connectivity index is 2.17. The molecule has 0 bridgehead atoms. The van der Waals surface area contributed by atoms with E-state index in [-0.39, 0.29) is 6.04 Å². The Morgan fingerprint density at radius 1 is 1.37 bits per heavy atom. The molecule has 3 unspecified atom stereocenters. The van der Waals surface area contributed by atoms with Crippen LogP contribution in [-0.2, 0) is 6.18 Å². The Hall–Kier alpha value is -1.04. The molecule has 1 aromatic heterocycles. The highest BCUT2D eigenvalue weighted by atomic mass is 19.4. The normalized spacial score (nSPS) is 28.9. The summed E-state index contributed by atoms with van der Waals surface area (Å²) in [6.07, 6.45) is -0.955. The summed E-state index contributed by atoms with van der Waals surface area (Å²) in [7, 11) is 0. The van der Waals surface area contributed by atoms with E-state index in [0.29, 0.717) is 24.7 Å². The molecule has 108 valence electrons. The zero-order chi connectivity index (χ0) is 14.2. The second kappa shape index (κ2) is 5.15. The van der Waals surface area contributed by atoms with Gasteiger partial charge in [-0.1, -0.05) is 13.8 Å². The van der Waals surface area contributed by atoms with Crippen molar-refractivity contribution < 1.29 is 18.3 Å². The number of halogens is 3. The highest BCUT2D eigenvalue weighted by Gasteiger charge is 2.36. The molecule has 19 heavy (non-hydrogen) atoms. The van der Waals surface area contributed by atoms with Crippen LogP contribution < -0.4 is 0 Å². The molecule has 1 aliphatic carbocycles. The third-order valence-electron chi connectivity index (χ3n) is 4.03. The monoisotopic (exact) mass is 276 g/mol. The minimum atomic E-state index is -4.38. The smallest absolute Gasteiger partial charge is 0.391 e. The summed E-state index contributed by atoms with van der Waals surface area (Å²) in [5.74, 6) is 0.889. The van der Waals surface area contributed by atoms with Crippen molar-refractivity contribution in [2.75, 3.05) is 0 Å². The third-order valence-corrected chi connectivity index (χ3v) is 4.03. The summed E-state index contributed by atoms with van der Waals surface area (Å²) in [4.78, 5) is 0. The maximum atomic E-state index is 12.6. The van der Waals surface area contributed by atoms with Gasteiger partial charge in [-0.3, -0.25) is 4.68 Å².